The molecular weight excluding hydrogens is 368 g/mol. The van der Waals surface area contributed by atoms with Gasteiger partial charge in [-0.1, -0.05) is 13.8 Å². The number of benzene rings is 1. The minimum atomic E-state index is -0.209. The van der Waals surface area contributed by atoms with Crippen LogP contribution in [0.5, 0.6) is 0 Å². The van der Waals surface area contributed by atoms with Crippen molar-refractivity contribution in [1.82, 2.24) is 9.97 Å². The number of morpholine rings is 1. The van der Waals surface area contributed by atoms with Gasteiger partial charge in [-0.25, -0.2) is 9.97 Å². The molecular formula is C22H26N4O3. The first-order valence-corrected chi connectivity index (χ1v) is 9.97. The average Bonchev–Trinajstić information content (AvgIpc) is 3.11. The lowest BCUT2D eigenvalue weighted by Crippen LogP contribution is -2.45. The van der Waals surface area contributed by atoms with E-state index in [4.69, 9.17) is 9.15 Å². The molecule has 0 aliphatic carbocycles. The highest BCUT2D eigenvalue weighted by molar-refractivity contribution is 6.04. The third-order valence-electron chi connectivity index (χ3n) is 4.91. The number of carbonyl (C=O) groups excluding carboxylic acids is 1. The fourth-order valence-corrected chi connectivity index (χ4v) is 3.55. The topological polar surface area (TPSA) is 80.5 Å². The van der Waals surface area contributed by atoms with E-state index in [1.165, 1.54) is 0 Å². The summed E-state index contributed by atoms with van der Waals surface area (Å²) in [7, 11) is 0. The zero-order chi connectivity index (χ0) is 20.5. The molecule has 1 fully saturated rings. The molecule has 1 amide bonds. The first-order valence-electron chi connectivity index (χ1n) is 9.97. The highest BCUT2D eigenvalue weighted by atomic mass is 16.5. The van der Waals surface area contributed by atoms with E-state index in [1.54, 1.807) is 12.3 Å². The van der Waals surface area contributed by atoms with Gasteiger partial charge in [0.2, 0.25) is 0 Å². The first-order chi connectivity index (χ1) is 13.9. The summed E-state index contributed by atoms with van der Waals surface area (Å²) < 4.78 is 11.5. The molecule has 0 bridgehead atoms. The Labute approximate surface area is 170 Å². The van der Waals surface area contributed by atoms with Gasteiger partial charge in [-0.05, 0) is 44.2 Å². The minimum Gasteiger partial charge on any atom is -0.440 e. The third kappa shape index (κ3) is 4.24. The van der Waals surface area contributed by atoms with Crippen LogP contribution in [0.15, 0.2) is 40.9 Å². The second kappa shape index (κ2) is 7.83. The Morgan fingerprint density at radius 1 is 1.17 bits per heavy atom. The number of carbonyl (C=O) groups is 1. The van der Waals surface area contributed by atoms with E-state index in [9.17, 15) is 4.79 Å². The molecule has 1 saturated heterocycles. The van der Waals surface area contributed by atoms with E-state index in [2.05, 4.69) is 34.0 Å². The summed E-state index contributed by atoms with van der Waals surface area (Å²) >= 11 is 0. The van der Waals surface area contributed by atoms with Crippen molar-refractivity contribution in [3.8, 4) is 0 Å². The van der Waals surface area contributed by atoms with Crippen molar-refractivity contribution >= 4 is 28.5 Å². The van der Waals surface area contributed by atoms with Crippen LogP contribution in [0.3, 0.4) is 0 Å². The number of ether oxygens (including phenoxy) is 1. The summed E-state index contributed by atoms with van der Waals surface area (Å²) in [4.78, 5) is 23.8. The summed E-state index contributed by atoms with van der Waals surface area (Å²) in [5.41, 5.74) is 2.62. The zero-order valence-electron chi connectivity index (χ0n) is 17.2. The van der Waals surface area contributed by atoms with Crippen molar-refractivity contribution in [1.29, 1.82) is 0 Å². The van der Waals surface area contributed by atoms with Gasteiger partial charge in [-0.2, -0.15) is 0 Å². The van der Waals surface area contributed by atoms with Gasteiger partial charge < -0.3 is 19.4 Å². The van der Waals surface area contributed by atoms with E-state index in [0.29, 0.717) is 22.7 Å². The lowest BCUT2D eigenvalue weighted by Gasteiger charge is -2.36. The Bertz CT molecular complexity index is 1000. The maximum absolute atomic E-state index is 12.6. The van der Waals surface area contributed by atoms with Crippen molar-refractivity contribution in [2.75, 3.05) is 23.3 Å². The van der Waals surface area contributed by atoms with Crippen LogP contribution in [0.25, 0.3) is 11.1 Å². The number of nitrogens with one attached hydrogen (secondary N) is 1. The van der Waals surface area contributed by atoms with Gasteiger partial charge in [0.25, 0.3) is 5.91 Å². The molecule has 2 aromatic heterocycles. The van der Waals surface area contributed by atoms with E-state index in [1.807, 2.05) is 38.1 Å². The van der Waals surface area contributed by atoms with Crippen LogP contribution in [0.4, 0.5) is 11.5 Å². The Balaban J connectivity index is 1.46. The van der Waals surface area contributed by atoms with Crippen LogP contribution in [-0.2, 0) is 4.74 Å². The van der Waals surface area contributed by atoms with E-state index >= 15 is 0 Å². The van der Waals surface area contributed by atoms with Gasteiger partial charge in [0.1, 0.15) is 11.3 Å². The minimum absolute atomic E-state index is 0.159. The second-order valence-corrected chi connectivity index (χ2v) is 7.91. The van der Waals surface area contributed by atoms with Crippen molar-refractivity contribution in [2.24, 2.45) is 0 Å². The number of nitrogens with zero attached hydrogens (tertiary/aromatic N) is 3. The van der Waals surface area contributed by atoms with Gasteiger partial charge in [-0.15, -0.1) is 0 Å². The van der Waals surface area contributed by atoms with Gasteiger partial charge >= 0.3 is 0 Å². The summed E-state index contributed by atoms with van der Waals surface area (Å²) in [5, 5.41) is 2.91. The molecule has 0 radical (unpaired) electrons. The predicted molar refractivity (Wildman–Crippen MR) is 113 cm³/mol. The lowest BCUT2D eigenvalue weighted by molar-refractivity contribution is -0.00546. The number of aromatic nitrogens is 2. The average molecular weight is 394 g/mol. The van der Waals surface area contributed by atoms with Crippen LogP contribution in [0.1, 0.15) is 49.9 Å². The molecule has 4 rings (SSSR count). The number of rotatable bonds is 4. The Morgan fingerprint density at radius 2 is 1.93 bits per heavy atom. The van der Waals surface area contributed by atoms with Crippen molar-refractivity contribution in [2.45, 2.75) is 45.8 Å². The van der Waals surface area contributed by atoms with Crippen LogP contribution in [-0.4, -0.2) is 41.2 Å². The smallest absolute Gasteiger partial charge is 0.257 e. The molecule has 0 saturated carbocycles. The maximum Gasteiger partial charge on any atom is 0.257 e. The molecule has 7 nitrogen and oxygen atoms in total. The molecule has 3 aromatic rings. The number of amides is 1. The summed E-state index contributed by atoms with van der Waals surface area (Å²) in [6.45, 7) is 9.75. The molecule has 1 aliphatic heterocycles. The fraction of sp³-hybridized carbons (Fsp3) is 0.409. The first kappa shape index (κ1) is 19.4. The van der Waals surface area contributed by atoms with Gasteiger partial charge in [0.15, 0.2) is 11.5 Å². The van der Waals surface area contributed by atoms with E-state index in [0.717, 1.165) is 24.4 Å². The summed E-state index contributed by atoms with van der Waals surface area (Å²) in [5.74, 6) is 1.55. The predicted octanol–water partition coefficient (Wildman–Crippen LogP) is 4.21. The van der Waals surface area contributed by atoms with Crippen molar-refractivity contribution in [3.05, 3.63) is 48.0 Å². The molecule has 3 heterocycles. The highest BCUT2D eigenvalue weighted by Gasteiger charge is 2.23. The highest BCUT2D eigenvalue weighted by Crippen LogP contribution is 2.24. The molecule has 7 heteroatoms. The van der Waals surface area contributed by atoms with Crippen LogP contribution < -0.4 is 10.2 Å². The van der Waals surface area contributed by atoms with Crippen LogP contribution >= 0.6 is 0 Å². The number of fused-ring (bicyclic) bond motifs is 1. The van der Waals surface area contributed by atoms with E-state index in [-0.39, 0.29) is 24.0 Å². The standard InChI is InChI=1S/C22H26N4O3/c1-13(2)22-25-18-9-17(6-7-19(18)29-22)24-21(27)16-5-8-20(23-10-16)26-11-14(3)28-15(4)12-26/h5-10,13-15H,11-12H2,1-4H3,(H,24,27)/t14-,15+. The molecule has 0 unspecified atom stereocenters. The quantitative estimate of drug-likeness (QED) is 0.714. The number of anilines is 2. The Hall–Kier alpha value is -2.93. The summed E-state index contributed by atoms with van der Waals surface area (Å²) in [6.07, 6.45) is 1.93. The fourth-order valence-electron chi connectivity index (χ4n) is 3.55. The number of hydrogen-bond donors (Lipinski definition) is 1. The van der Waals surface area contributed by atoms with E-state index < -0.39 is 0 Å². The molecule has 0 spiro atoms. The van der Waals surface area contributed by atoms with Crippen molar-refractivity contribution < 1.29 is 13.9 Å². The molecule has 152 valence electrons. The zero-order valence-corrected chi connectivity index (χ0v) is 17.2. The molecule has 29 heavy (non-hydrogen) atoms. The third-order valence-corrected chi connectivity index (χ3v) is 4.91. The van der Waals surface area contributed by atoms with Gasteiger partial charge in [0.05, 0.1) is 17.8 Å². The number of oxazole rings is 1. The van der Waals surface area contributed by atoms with Gasteiger partial charge in [0, 0.05) is 30.9 Å². The number of hydrogen-bond acceptors (Lipinski definition) is 6. The molecule has 1 aromatic carbocycles. The lowest BCUT2D eigenvalue weighted by atomic mass is 10.2. The molecule has 2 atom stereocenters. The van der Waals surface area contributed by atoms with Crippen LogP contribution in [0.2, 0.25) is 0 Å². The second-order valence-electron chi connectivity index (χ2n) is 7.91. The monoisotopic (exact) mass is 394 g/mol. The molecule has 1 aliphatic rings. The number of pyridine rings is 1. The van der Waals surface area contributed by atoms with Gasteiger partial charge in [-0.3, -0.25) is 4.79 Å². The SMILES string of the molecule is CC(C)c1nc2cc(NC(=O)c3ccc(N4C[C@@H](C)O[C@@H](C)C4)nc3)ccc2o1. The Morgan fingerprint density at radius 3 is 2.59 bits per heavy atom. The summed E-state index contributed by atoms with van der Waals surface area (Å²) in [6, 6.07) is 9.14. The van der Waals surface area contributed by atoms with Crippen molar-refractivity contribution in [3.63, 3.8) is 0 Å². The normalized spacial score (nSPS) is 19.7. The van der Waals surface area contributed by atoms with Crippen LogP contribution in [0, 0.1) is 0 Å². The largest absolute Gasteiger partial charge is 0.440 e. The maximum atomic E-state index is 12.6. The Kier molecular flexibility index (Phi) is 5.24. The molecule has 1 N–H and O–H groups in total.